The largest absolute Gasteiger partial charge is 0.394 e. The van der Waals surface area contributed by atoms with Crippen molar-refractivity contribution in [2.45, 2.75) is 18.7 Å². The molecule has 2 aromatic rings. The second-order valence-electron chi connectivity index (χ2n) is 4.56. The van der Waals surface area contributed by atoms with Crippen molar-refractivity contribution < 1.29 is 9.90 Å². The lowest BCUT2D eigenvalue weighted by molar-refractivity contribution is -0.119. The number of thioether (sulfide) groups is 1. The maximum atomic E-state index is 11.9. The van der Waals surface area contributed by atoms with Crippen molar-refractivity contribution in [3.63, 3.8) is 0 Å². The van der Waals surface area contributed by atoms with E-state index in [1.807, 2.05) is 42.6 Å². The van der Waals surface area contributed by atoms with Crippen LogP contribution in [0, 0.1) is 6.92 Å². The van der Waals surface area contributed by atoms with Crippen LogP contribution in [0.25, 0.3) is 0 Å². The number of hydrogen-bond acceptors (Lipinski definition) is 5. The summed E-state index contributed by atoms with van der Waals surface area (Å²) in [5.41, 5.74) is 1.92. The number of aromatic nitrogens is 1. The van der Waals surface area contributed by atoms with Gasteiger partial charge in [-0.25, -0.2) is 4.98 Å². The van der Waals surface area contributed by atoms with Crippen LogP contribution in [0.1, 0.15) is 22.3 Å². The Morgan fingerprint density at radius 1 is 1.43 bits per heavy atom. The highest BCUT2D eigenvalue weighted by Crippen LogP contribution is 2.16. The third-order valence-electron chi connectivity index (χ3n) is 2.87. The van der Waals surface area contributed by atoms with Gasteiger partial charge in [-0.15, -0.1) is 23.1 Å². The zero-order valence-electron chi connectivity index (χ0n) is 11.8. The van der Waals surface area contributed by atoms with Gasteiger partial charge in [0.15, 0.2) is 0 Å². The zero-order valence-corrected chi connectivity index (χ0v) is 13.4. The van der Waals surface area contributed by atoms with Gasteiger partial charge in [-0.05, 0) is 12.5 Å². The quantitative estimate of drug-likeness (QED) is 0.822. The van der Waals surface area contributed by atoms with Crippen molar-refractivity contribution in [2.24, 2.45) is 0 Å². The smallest absolute Gasteiger partial charge is 0.230 e. The lowest BCUT2D eigenvalue weighted by atomic mass is 10.1. The van der Waals surface area contributed by atoms with Crippen LogP contribution < -0.4 is 5.32 Å². The molecule has 0 saturated heterocycles. The first-order valence-electron chi connectivity index (χ1n) is 6.63. The summed E-state index contributed by atoms with van der Waals surface area (Å²) >= 11 is 3.14. The van der Waals surface area contributed by atoms with Crippen LogP contribution in [0.5, 0.6) is 0 Å². The number of amides is 1. The molecule has 0 bridgehead atoms. The minimum absolute atomic E-state index is 0.0742. The lowest BCUT2D eigenvalue weighted by Crippen LogP contribution is -2.32. The first kappa shape index (κ1) is 16.0. The van der Waals surface area contributed by atoms with Crippen molar-refractivity contribution in [1.82, 2.24) is 10.3 Å². The predicted octanol–water partition coefficient (Wildman–Crippen LogP) is 2.53. The number of aliphatic hydroxyl groups is 1. The van der Waals surface area contributed by atoms with E-state index in [0.29, 0.717) is 5.75 Å². The average molecular weight is 322 g/mol. The molecule has 1 aromatic heterocycles. The monoisotopic (exact) mass is 322 g/mol. The Balaban J connectivity index is 1.78. The first-order chi connectivity index (χ1) is 10.2. The van der Waals surface area contributed by atoms with E-state index in [4.69, 9.17) is 0 Å². The number of thiazole rings is 1. The number of benzene rings is 1. The minimum atomic E-state index is -0.346. The number of carbonyl (C=O) groups excluding carboxylic acids is 1. The van der Waals surface area contributed by atoms with Gasteiger partial charge in [0.25, 0.3) is 0 Å². The zero-order chi connectivity index (χ0) is 15.1. The maximum absolute atomic E-state index is 11.9. The van der Waals surface area contributed by atoms with Gasteiger partial charge in [0.1, 0.15) is 0 Å². The number of hydrogen-bond donors (Lipinski definition) is 2. The predicted molar refractivity (Wildman–Crippen MR) is 87.4 cm³/mol. The molecule has 0 aliphatic heterocycles. The second-order valence-corrected chi connectivity index (χ2v) is 6.61. The minimum Gasteiger partial charge on any atom is -0.394 e. The van der Waals surface area contributed by atoms with Gasteiger partial charge in [0, 0.05) is 11.1 Å². The molecular formula is C15H18N2O2S2. The number of nitrogens with one attached hydrogen (secondary N) is 1. The second kappa shape index (κ2) is 8.17. The third kappa shape index (κ3) is 5.15. The Labute approximate surface area is 132 Å². The summed E-state index contributed by atoms with van der Waals surface area (Å²) in [6.07, 6.45) is 0. The lowest BCUT2D eigenvalue weighted by Gasteiger charge is -2.16. The van der Waals surface area contributed by atoms with Gasteiger partial charge in [-0.1, -0.05) is 30.3 Å². The van der Waals surface area contributed by atoms with Gasteiger partial charge >= 0.3 is 0 Å². The maximum Gasteiger partial charge on any atom is 0.230 e. The molecule has 4 nitrogen and oxygen atoms in total. The Morgan fingerprint density at radius 2 is 2.19 bits per heavy atom. The fraction of sp³-hybridized carbons (Fsp3) is 0.333. The van der Waals surface area contributed by atoms with Gasteiger partial charge < -0.3 is 10.4 Å². The fourth-order valence-corrected chi connectivity index (χ4v) is 3.32. The summed E-state index contributed by atoms with van der Waals surface area (Å²) in [6, 6.07) is 9.14. The fourth-order valence-electron chi connectivity index (χ4n) is 1.88. The van der Waals surface area contributed by atoms with Crippen LogP contribution in [-0.2, 0) is 10.5 Å². The van der Waals surface area contributed by atoms with Crippen molar-refractivity contribution in [2.75, 3.05) is 12.4 Å². The SMILES string of the molecule is Cc1nc(CSCC(=O)N[C@H](CO)c2ccccc2)cs1. The van der Waals surface area contributed by atoms with Crippen molar-refractivity contribution in [1.29, 1.82) is 0 Å². The van der Waals surface area contributed by atoms with Gasteiger partial charge in [-0.2, -0.15) is 0 Å². The summed E-state index contributed by atoms with van der Waals surface area (Å²) in [4.78, 5) is 16.3. The molecule has 6 heteroatoms. The topological polar surface area (TPSA) is 62.2 Å². The summed E-state index contributed by atoms with van der Waals surface area (Å²) in [5.74, 6) is 1.02. The third-order valence-corrected chi connectivity index (χ3v) is 4.66. The van der Waals surface area contributed by atoms with Crippen molar-refractivity contribution >= 4 is 29.0 Å². The number of aliphatic hydroxyl groups excluding tert-OH is 1. The van der Waals surface area contributed by atoms with E-state index >= 15 is 0 Å². The summed E-state index contributed by atoms with van der Waals surface area (Å²) in [5, 5.41) is 15.3. The number of nitrogens with zero attached hydrogens (tertiary/aromatic N) is 1. The van der Waals surface area contributed by atoms with Crippen LogP contribution >= 0.6 is 23.1 Å². The van der Waals surface area contributed by atoms with E-state index in [1.54, 1.807) is 11.3 Å². The summed E-state index contributed by atoms with van der Waals surface area (Å²) in [6.45, 7) is 1.86. The Bertz CT molecular complexity index is 572. The van der Waals surface area contributed by atoms with Crippen molar-refractivity contribution in [3.05, 3.63) is 52.0 Å². The van der Waals surface area contributed by atoms with Crippen molar-refractivity contribution in [3.8, 4) is 0 Å². The van der Waals surface area contributed by atoms with Gasteiger partial charge in [-0.3, -0.25) is 4.79 Å². The Kier molecular flexibility index (Phi) is 6.22. The molecular weight excluding hydrogens is 304 g/mol. The van der Waals surface area contributed by atoms with Crippen LogP contribution in [0.15, 0.2) is 35.7 Å². The summed E-state index contributed by atoms with van der Waals surface area (Å²) < 4.78 is 0. The molecule has 0 fully saturated rings. The van der Waals surface area contributed by atoms with E-state index < -0.39 is 0 Å². The molecule has 0 radical (unpaired) electrons. The van der Waals surface area contributed by atoms with Crippen LogP contribution in [-0.4, -0.2) is 28.4 Å². The molecule has 1 atom stereocenters. The molecule has 0 aliphatic carbocycles. The number of aryl methyl sites for hydroxylation is 1. The molecule has 0 saturated carbocycles. The molecule has 1 aromatic carbocycles. The average Bonchev–Trinajstić information content (AvgIpc) is 2.91. The molecule has 1 amide bonds. The molecule has 0 spiro atoms. The van der Waals surface area contributed by atoms with E-state index in [2.05, 4.69) is 10.3 Å². The van der Waals surface area contributed by atoms with Gasteiger partial charge in [0.05, 0.1) is 29.1 Å². The Morgan fingerprint density at radius 3 is 2.81 bits per heavy atom. The normalized spacial score (nSPS) is 12.1. The summed E-state index contributed by atoms with van der Waals surface area (Å²) in [7, 11) is 0. The van der Waals surface area contributed by atoms with Gasteiger partial charge in [0.2, 0.25) is 5.91 Å². The highest BCUT2D eigenvalue weighted by atomic mass is 32.2. The van der Waals surface area contributed by atoms with Crippen LogP contribution in [0.3, 0.4) is 0 Å². The standard InChI is InChI=1S/C15H18N2O2S2/c1-11-16-13(9-21-11)8-20-10-15(19)17-14(7-18)12-5-3-2-4-6-12/h2-6,9,14,18H,7-8,10H2,1H3,(H,17,19)/t14-/m1/s1. The van der Waals surface area contributed by atoms with E-state index in [0.717, 1.165) is 22.0 Å². The molecule has 21 heavy (non-hydrogen) atoms. The van der Waals surface area contributed by atoms with Crippen LogP contribution in [0.2, 0.25) is 0 Å². The highest BCUT2D eigenvalue weighted by Gasteiger charge is 2.13. The molecule has 0 aliphatic rings. The first-order valence-corrected chi connectivity index (χ1v) is 8.66. The van der Waals surface area contributed by atoms with E-state index in [-0.39, 0.29) is 18.6 Å². The number of rotatable bonds is 7. The highest BCUT2D eigenvalue weighted by molar-refractivity contribution is 7.99. The Hall–Kier alpha value is -1.37. The van der Waals surface area contributed by atoms with E-state index in [9.17, 15) is 9.90 Å². The molecule has 1 heterocycles. The van der Waals surface area contributed by atoms with E-state index in [1.165, 1.54) is 11.8 Å². The molecule has 0 unspecified atom stereocenters. The number of carbonyl (C=O) groups is 1. The molecule has 112 valence electrons. The molecule has 2 N–H and O–H groups in total. The van der Waals surface area contributed by atoms with Crippen LogP contribution in [0.4, 0.5) is 0 Å². The molecule has 2 rings (SSSR count).